The molecule has 0 heterocycles. The third kappa shape index (κ3) is 4.96. The molecule has 7 heteroatoms. The van der Waals surface area contributed by atoms with E-state index in [-0.39, 0.29) is 11.4 Å². The van der Waals surface area contributed by atoms with Gasteiger partial charge in [-0.05, 0) is 37.1 Å². The summed E-state index contributed by atoms with van der Waals surface area (Å²) in [6.45, 7) is 1.72. The van der Waals surface area contributed by atoms with Crippen LogP contribution in [0.5, 0.6) is 0 Å². The van der Waals surface area contributed by atoms with Crippen molar-refractivity contribution in [3.63, 3.8) is 0 Å². The number of rotatable bonds is 7. The highest BCUT2D eigenvalue weighted by Gasteiger charge is 2.14. The lowest BCUT2D eigenvalue weighted by Crippen LogP contribution is -2.25. The number of hydrogen-bond acceptors (Lipinski definition) is 3. The van der Waals surface area contributed by atoms with E-state index < -0.39 is 27.7 Å². The first-order valence-corrected chi connectivity index (χ1v) is 7.29. The van der Waals surface area contributed by atoms with Gasteiger partial charge < -0.3 is 5.11 Å². The zero-order valence-corrected chi connectivity index (χ0v) is 11.3. The summed E-state index contributed by atoms with van der Waals surface area (Å²) in [5, 5.41) is 8.67. The summed E-state index contributed by atoms with van der Waals surface area (Å²) in [5.41, 5.74) is 0. The van der Waals surface area contributed by atoms with Crippen molar-refractivity contribution in [2.45, 2.75) is 24.7 Å². The quantitative estimate of drug-likeness (QED) is 0.747. The molecule has 0 saturated carbocycles. The number of carbonyl (C=O) groups is 1. The highest BCUT2D eigenvalue weighted by atomic mass is 32.2. The Balaban J connectivity index is 2.48. The van der Waals surface area contributed by atoms with Gasteiger partial charge in [-0.1, -0.05) is 6.92 Å². The number of carboxylic acids is 1. The van der Waals surface area contributed by atoms with Crippen molar-refractivity contribution in [1.29, 1.82) is 0 Å². The van der Waals surface area contributed by atoms with Crippen LogP contribution in [0.2, 0.25) is 0 Å². The van der Waals surface area contributed by atoms with Gasteiger partial charge in [0.25, 0.3) is 0 Å². The lowest BCUT2D eigenvalue weighted by molar-refractivity contribution is -0.141. The van der Waals surface area contributed by atoms with Crippen LogP contribution in [0.15, 0.2) is 29.2 Å². The van der Waals surface area contributed by atoms with E-state index in [0.29, 0.717) is 12.8 Å². The third-order valence-corrected chi connectivity index (χ3v) is 4.13. The first-order valence-electron chi connectivity index (χ1n) is 5.81. The summed E-state index contributed by atoms with van der Waals surface area (Å²) in [4.78, 5) is 10.6. The first-order chi connectivity index (χ1) is 8.83. The van der Waals surface area contributed by atoms with E-state index in [1.807, 2.05) is 0 Å². The van der Waals surface area contributed by atoms with Crippen LogP contribution in [0.1, 0.15) is 19.8 Å². The van der Waals surface area contributed by atoms with Gasteiger partial charge in [0, 0.05) is 6.54 Å². The van der Waals surface area contributed by atoms with Gasteiger partial charge in [-0.25, -0.2) is 17.5 Å². The molecule has 0 aromatic heterocycles. The van der Waals surface area contributed by atoms with Crippen LogP contribution < -0.4 is 4.72 Å². The fraction of sp³-hybridized carbons (Fsp3) is 0.417. The molecule has 106 valence electrons. The molecule has 19 heavy (non-hydrogen) atoms. The van der Waals surface area contributed by atoms with Crippen molar-refractivity contribution >= 4 is 16.0 Å². The molecule has 0 radical (unpaired) electrons. The summed E-state index contributed by atoms with van der Waals surface area (Å²) in [6, 6.07) is 4.50. The van der Waals surface area contributed by atoms with Crippen molar-refractivity contribution in [2.24, 2.45) is 5.92 Å². The van der Waals surface area contributed by atoms with E-state index in [2.05, 4.69) is 4.72 Å². The van der Waals surface area contributed by atoms with Gasteiger partial charge in [0.15, 0.2) is 0 Å². The molecule has 1 atom stereocenters. The van der Waals surface area contributed by atoms with Crippen molar-refractivity contribution < 1.29 is 22.7 Å². The Labute approximate surface area is 111 Å². The Bertz CT molecular complexity index is 527. The number of halogens is 1. The van der Waals surface area contributed by atoms with E-state index in [1.54, 1.807) is 6.92 Å². The monoisotopic (exact) mass is 289 g/mol. The van der Waals surface area contributed by atoms with Gasteiger partial charge >= 0.3 is 5.97 Å². The number of aliphatic carboxylic acids is 1. The zero-order chi connectivity index (χ0) is 14.5. The fourth-order valence-corrected chi connectivity index (χ4v) is 2.51. The third-order valence-electron chi connectivity index (χ3n) is 2.65. The average Bonchev–Trinajstić information content (AvgIpc) is 2.34. The Morgan fingerprint density at radius 1 is 1.37 bits per heavy atom. The topological polar surface area (TPSA) is 83.5 Å². The van der Waals surface area contributed by atoms with Gasteiger partial charge in [0.2, 0.25) is 10.0 Å². The Morgan fingerprint density at radius 3 is 2.47 bits per heavy atom. The molecule has 0 aliphatic rings. The zero-order valence-electron chi connectivity index (χ0n) is 10.5. The lowest BCUT2D eigenvalue weighted by Gasteiger charge is -2.08. The molecule has 1 aromatic rings. The van der Waals surface area contributed by atoms with E-state index >= 15 is 0 Å². The lowest BCUT2D eigenvalue weighted by atomic mass is 10.1. The van der Waals surface area contributed by atoms with Crippen molar-refractivity contribution in [1.82, 2.24) is 4.72 Å². The van der Waals surface area contributed by atoms with Crippen LogP contribution in [0.25, 0.3) is 0 Å². The molecule has 0 fully saturated rings. The maximum absolute atomic E-state index is 12.7. The number of nitrogens with one attached hydrogen (secondary N) is 1. The standard InChI is InChI=1S/C12H16FNO4S/c1-9(12(15)16)3-2-8-14-19(17,18)11-6-4-10(13)5-7-11/h4-7,9,14H,2-3,8H2,1H3,(H,15,16). The number of carboxylic acid groups (broad SMARTS) is 1. The molecule has 1 unspecified atom stereocenters. The Hall–Kier alpha value is -1.47. The molecule has 1 aromatic carbocycles. The summed E-state index contributed by atoms with van der Waals surface area (Å²) in [6.07, 6.45) is 0.815. The normalized spacial score (nSPS) is 13.2. The SMILES string of the molecule is CC(CCCNS(=O)(=O)c1ccc(F)cc1)C(=O)O. The minimum absolute atomic E-state index is 0.0137. The minimum Gasteiger partial charge on any atom is -0.481 e. The molecule has 0 aliphatic heterocycles. The fourth-order valence-electron chi connectivity index (χ4n) is 1.44. The van der Waals surface area contributed by atoms with E-state index in [0.717, 1.165) is 12.1 Å². The Kier molecular flexibility index (Phi) is 5.44. The summed E-state index contributed by atoms with van der Waals surface area (Å²) < 4.78 is 38.6. The van der Waals surface area contributed by atoms with E-state index in [1.165, 1.54) is 12.1 Å². The highest BCUT2D eigenvalue weighted by Crippen LogP contribution is 2.10. The number of sulfonamides is 1. The summed E-state index contributed by atoms with van der Waals surface area (Å²) >= 11 is 0. The van der Waals surface area contributed by atoms with E-state index in [4.69, 9.17) is 5.11 Å². The molecule has 0 amide bonds. The molecule has 5 nitrogen and oxygen atoms in total. The van der Waals surface area contributed by atoms with Gasteiger partial charge in [0.1, 0.15) is 5.82 Å². The summed E-state index contributed by atoms with van der Waals surface area (Å²) in [5.74, 6) is -1.91. The summed E-state index contributed by atoms with van der Waals surface area (Å²) in [7, 11) is -3.66. The first kappa shape index (κ1) is 15.6. The molecule has 0 spiro atoms. The van der Waals surface area contributed by atoms with Crippen LogP contribution in [0.3, 0.4) is 0 Å². The molecule has 1 rings (SSSR count). The smallest absolute Gasteiger partial charge is 0.306 e. The van der Waals surface area contributed by atoms with Crippen molar-refractivity contribution in [2.75, 3.05) is 6.54 Å². The van der Waals surface area contributed by atoms with E-state index in [9.17, 15) is 17.6 Å². The second-order valence-electron chi connectivity index (χ2n) is 4.23. The highest BCUT2D eigenvalue weighted by molar-refractivity contribution is 7.89. The molecule has 0 aliphatic carbocycles. The Morgan fingerprint density at radius 2 is 1.95 bits per heavy atom. The molecular weight excluding hydrogens is 273 g/mol. The largest absolute Gasteiger partial charge is 0.481 e. The van der Waals surface area contributed by atoms with Crippen molar-refractivity contribution in [3.8, 4) is 0 Å². The predicted molar refractivity (Wildman–Crippen MR) is 67.6 cm³/mol. The molecule has 2 N–H and O–H groups in total. The minimum atomic E-state index is -3.66. The van der Waals surface area contributed by atoms with Gasteiger partial charge in [-0.3, -0.25) is 4.79 Å². The van der Waals surface area contributed by atoms with Gasteiger partial charge in [-0.15, -0.1) is 0 Å². The second kappa shape index (κ2) is 6.63. The van der Waals surface area contributed by atoms with Crippen LogP contribution in [0.4, 0.5) is 4.39 Å². The maximum atomic E-state index is 12.7. The van der Waals surface area contributed by atoms with Crippen LogP contribution in [-0.4, -0.2) is 26.0 Å². The van der Waals surface area contributed by atoms with Crippen LogP contribution >= 0.6 is 0 Å². The van der Waals surface area contributed by atoms with Crippen molar-refractivity contribution in [3.05, 3.63) is 30.1 Å². The molecule has 0 saturated heterocycles. The predicted octanol–water partition coefficient (Wildman–Crippen LogP) is 1.60. The maximum Gasteiger partial charge on any atom is 0.306 e. The van der Waals surface area contributed by atoms with Gasteiger partial charge in [0.05, 0.1) is 10.8 Å². The van der Waals surface area contributed by atoms with Crippen LogP contribution in [0, 0.1) is 11.7 Å². The number of hydrogen-bond donors (Lipinski definition) is 2. The number of benzene rings is 1. The molecule has 0 bridgehead atoms. The van der Waals surface area contributed by atoms with Gasteiger partial charge in [-0.2, -0.15) is 0 Å². The second-order valence-corrected chi connectivity index (χ2v) is 6.00. The molecular formula is C12H16FNO4S. The average molecular weight is 289 g/mol. The van der Waals surface area contributed by atoms with Crippen LogP contribution in [-0.2, 0) is 14.8 Å².